The minimum absolute atomic E-state index is 0.0294. The highest BCUT2D eigenvalue weighted by atomic mass is 32.1. The van der Waals surface area contributed by atoms with Crippen LogP contribution in [0.4, 0.5) is 5.69 Å². The van der Waals surface area contributed by atoms with Crippen LogP contribution >= 0.6 is 11.3 Å². The highest BCUT2D eigenvalue weighted by molar-refractivity contribution is 7.07. The molecule has 4 aromatic rings. The van der Waals surface area contributed by atoms with Gasteiger partial charge in [0.1, 0.15) is 11.3 Å². The smallest absolute Gasteiger partial charge is 0.227 e. The summed E-state index contributed by atoms with van der Waals surface area (Å²) in [5, 5.41) is 6.89. The van der Waals surface area contributed by atoms with E-state index in [4.69, 9.17) is 9.15 Å². The first kappa shape index (κ1) is 18.7. The van der Waals surface area contributed by atoms with Gasteiger partial charge in [0.15, 0.2) is 5.58 Å². The van der Waals surface area contributed by atoms with Gasteiger partial charge >= 0.3 is 0 Å². The van der Waals surface area contributed by atoms with Crippen molar-refractivity contribution in [1.29, 1.82) is 0 Å². The maximum absolute atomic E-state index is 11.4. The SMILES string of the molecule is CCC(=O)Nc1ccc2oc(-c3ccc(OC)cc3)nc2c1.c1ccsc1. The molecular formula is C21H20N2O3S. The molecule has 0 radical (unpaired) electrons. The first-order chi connectivity index (χ1) is 13.2. The Morgan fingerprint density at radius 1 is 1.15 bits per heavy atom. The second kappa shape index (κ2) is 9.00. The lowest BCUT2D eigenvalue weighted by molar-refractivity contribution is -0.115. The summed E-state index contributed by atoms with van der Waals surface area (Å²) in [5.41, 5.74) is 2.98. The van der Waals surface area contributed by atoms with Gasteiger partial charge in [-0.15, -0.1) is 0 Å². The number of ether oxygens (including phenoxy) is 1. The number of carbonyl (C=O) groups is 1. The predicted octanol–water partition coefficient (Wildman–Crippen LogP) is 5.60. The minimum Gasteiger partial charge on any atom is -0.497 e. The predicted molar refractivity (Wildman–Crippen MR) is 109 cm³/mol. The Labute approximate surface area is 161 Å². The second-order valence-electron chi connectivity index (χ2n) is 5.62. The molecule has 1 N–H and O–H groups in total. The van der Waals surface area contributed by atoms with Crippen LogP contribution in [0.5, 0.6) is 5.75 Å². The van der Waals surface area contributed by atoms with Gasteiger partial charge in [-0.25, -0.2) is 4.98 Å². The van der Waals surface area contributed by atoms with Gasteiger partial charge in [-0.3, -0.25) is 4.79 Å². The van der Waals surface area contributed by atoms with Gasteiger partial charge in [0.25, 0.3) is 0 Å². The molecule has 0 spiro atoms. The molecule has 2 heterocycles. The highest BCUT2D eigenvalue weighted by Crippen LogP contribution is 2.27. The number of rotatable bonds is 4. The summed E-state index contributed by atoms with van der Waals surface area (Å²) in [6, 6.07) is 17.0. The molecule has 0 saturated heterocycles. The quantitative estimate of drug-likeness (QED) is 0.500. The van der Waals surface area contributed by atoms with Gasteiger partial charge in [0.2, 0.25) is 11.8 Å². The molecule has 0 aliphatic rings. The van der Waals surface area contributed by atoms with Crippen molar-refractivity contribution < 1.29 is 13.9 Å². The monoisotopic (exact) mass is 380 g/mol. The molecule has 0 unspecified atom stereocenters. The normalized spacial score (nSPS) is 10.1. The van der Waals surface area contributed by atoms with Crippen molar-refractivity contribution in [3.05, 3.63) is 65.4 Å². The number of carbonyl (C=O) groups excluding carboxylic acids is 1. The van der Waals surface area contributed by atoms with E-state index in [-0.39, 0.29) is 5.91 Å². The van der Waals surface area contributed by atoms with E-state index in [0.29, 0.717) is 29.1 Å². The van der Waals surface area contributed by atoms with Crippen LogP contribution in [-0.4, -0.2) is 18.0 Å². The maximum Gasteiger partial charge on any atom is 0.227 e. The Balaban J connectivity index is 0.000000364. The molecule has 0 bridgehead atoms. The van der Waals surface area contributed by atoms with Crippen molar-refractivity contribution >= 4 is 34.0 Å². The van der Waals surface area contributed by atoms with Crippen LogP contribution in [0.1, 0.15) is 13.3 Å². The van der Waals surface area contributed by atoms with Crippen molar-refractivity contribution in [1.82, 2.24) is 4.98 Å². The lowest BCUT2D eigenvalue weighted by Crippen LogP contribution is -2.08. The van der Waals surface area contributed by atoms with E-state index in [0.717, 1.165) is 11.3 Å². The third kappa shape index (κ3) is 4.95. The fourth-order valence-electron chi connectivity index (χ4n) is 2.34. The topological polar surface area (TPSA) is 64.4 Å². The van der Waals surface area contributed by atoms with E-state index in [1.165, 1.54) is 0 Å². The molecule has 2 aromatic heterocycles. The minimum atomic E-state index is -0.0294. The van der Waals surface area contributed by atoms with Crippen LogP contribution in [0.25, 0.3) is 22.6 Å². The van der Waals surface area contributed by atoms with Crippen molar-refractivity contribution in [2.24, 2.45) is 0 Å². The number of hydrogen-bond acceptors (Lipinski definition) is 5. The van der Waals surface area contributed by atoms with Gasteiger partial charge in [0, 0.05) is 17.7 Å². The van der Waals surface area contributed by atoms with Crippen molar-refractivity contribution in [2.45, 2.75) is 13.3 Å². The lowest BCUT2D eigenvalue weighted by Gasteiger charge is -2.01. The summed E-state index contributed by atoms with van der Waals surface area (Å²) in [6.07, 6.45) is 0.438. The van der Waals surface area contributed by atoms with Gasteiger partial charge in [-0.1, -0.05) is 19.1 Å². The Bertz CT molecular complexity index is 975. The summed E-state index contributed by atoms with van der Waals surface area (Å²) in [6.45, 7) is 1.81. The van der Waals surface area contributed by atoms with Crippen LogP contribution in [0.3, 0.4) is 0 Å². The summed E-state index contributed by atoms with van der Waals surface area (Å²) < 4.78 is 10.9. The molecule has 27 heavy (non-hydrogen) atoms. The van der Waals surface area contributed by atoms with Gasteiger partial charge < -0.3 is 14.5 Å². The zero-order valence-corrected chi connectivity index (χ0v) is 16.0. The molecule has 4 rings (SSSR count). The Morgan fingerprint density at radius 3 is 2.48 bits per heavy atom. The van der Waals surface area contributed by atoms with Crippen LogP contribution in [0, 0.1) is 0 Å². The summed E-state index contributed by atoms with van der Waals surface area (Å²) >= 11 is 1.71. The first-order valence-electron chi connectivity index (χ1n) is 8.51. The average Bonchev–Trinajstić information content (AvgIpc) is 3.40. The van der Waals surface area contributed by atoms with E-state index in [1.807, 2.05) is 54.1 Å². The Morgan fingerprint density at radius 2 is 1.89 bits per heavy atom. The Kier molecular flexibility index (Phi) is 6.22. The van der Waals surface area contributed by atoms with E-state index in [2.05, 4.69) is 10.3 Å². The molecule has 0 fully saturated rings. The zero-order valence-electron chi connectivity index (χ0n) is 15.1. The zero-order chi connectivity index (χ0) is 19.1. The number of thiophene rings is 1. The van der Waals surface area contributed by atoms with Crippen molar-refractivity contribution in [3.63, 3.8) is 0 Å². The summed E-state index contributed by atoms with van der Waals surface area (Å²) in [4.78, 5) is 15.9. The number of nitrogens with one attached hydrogen (secondary N) is 1. The molecule has 0 saturated carbocycles. The number of amides is 1. The number of hydrogen-bond donors (Lipinski definition) is 1. The standard InChI is InChI=1S/C17H16N2O3.C4H4S/c1-3-16(20)18-12-6-9-15-14(10-12)19-17(22-15)11-4-7-13(21-2)8-5-11;1-2-4-5-3-1/h4-10H,3H2,1-2H3,(H,18,20);1-4H. The lowest BCUT2D eigenvalue weighted by atomic mass is 10.2. The number of oxazole rings is 1. The molecule has 6 heteroatoms. The largest absolute Gasteiger partial charge is 0.497 e. The van der Waals surface area contributed by atoms with Crippen LogP contribution < -0.4 is 10.1 Å². The molecule has 1 amide bonds. The fourth-order valence-corrected chi connectivity index (χ4v) is 2.79. The summed E-state index contributed by atoms with van der Waals surface area (Å²) in [7, 11) is 1.63. The average molecular weight is 380 g/mol. The fraction of sp³-hybridized carbons (Fsp3) is 0.143. The second-order valence-corrected chi connectivity index (χ2v) is 6.44. The van der Waals surface area contributed by atoms with Gasteiger partial charge in [0.05, 0.1) is 7.11 Å². The van der Waals surface area contributed by atoms with Crippen molar-refractivity contribution in [2.75, 3.05) is 12.4 Å². The van der Waals surface area contributed by atoms with E-state index < -0.39 is 0 Å². The first-order valence-corrected chi connectivity index (χ1v) is 9.46. The maximum atomic E-state index is 11.4. The Hall–Kier alpha value is -3.12. The molecule has 5 nitrogen and oxygen atoms in total. The number of methoxy groups -OCH3 is 1. The van der Waals surface area contributed by atoms with Gasteiger partial charge in [-0.2, -0.15) is 11.3 Å². The molecule has 0 atom stereocenters. The molecule has 0 aliphatic heterocycles. The van der Waals surface area contributed by atoms with Crippen LogP contribution in [0.15, 0.2) is 69.8 Å². The molecular weight excluding hydrogens is 360 g/mol. The van der Waals surface area contributed by atoms with E-state index in [9.17, 15) is 4.79 Å². The summed E-state index contributed by atoms with van der Waals surface area (Å²) in [5.74, 6) is 1.29. The number of benzene rings is 2. The molecule has 2 aromatic carbocycles. The number of nitrogens with zero attached hydrogens (tertiary/aromatic N) is 1. The third-order valence-electron chi connectivity index (χ3n) is 3.75. The van der Waals surface area contributed by atoms with E-state index in [1.54, 1.807) is 36.6 Å². The molecule has 0 aliphatic carbocycles. The number of anilines is 1. The van der Waals surface area contributed by atoms with Crippen LogP contribution in [0.2, 0.25) is 0 Å². The number of fused-ring (bicyclic) bond motifs is 1. The molecule has 138 valence electrons. The van der Waals surface area contributed by atoms with Gasteiger partial charge in [-0.05, 0) is 53.2 Å². The van der Waals surface area contributed by atoms with E-state index >= 15 is 0 Å². The van der Waals surface area contributed by atoms with Crippen LogP contribution in [-0.2, 0) is 4.79 Å². The highest BCUT2D eigenvalue weighted by Gasteiger charge is 2.09. The number of aromatic nitrogens is 1. The third-order valence-corrected chi connectivity index (χ3v) is 4.38. The van der Waals surface area contributed by atoms with Crippen molar-refractivity contribution in [3.8, 4) is 17.2 Å².